The number of hydrogen-bond donors (Lipinski definition) is 4. The third-order valence-corrected chi connectivity index (χ3v) is 11.6. The van der Waals surface area contributed by atoms with Gasteiger partial charge in [-0.25, -0.2) is 0 Å². The number of nitrogens with one attached hydrogen (secondary N) is 1. The van der Waals surface area contributed by atoms with Gasteiger partial charge in [0, 0.05) is 0 Å². The Hall–Kier alpha value is -0.910. The molecule has 322 valence electrons. The van der Waals surface area contributed by atoms with Gasteiger partial charge in [-0.3, -0.25) is 4.79 Å². The van der Waals surface area contributed by atoms with Crippen molar-refractivity contribution in [1.29, 1.82) is 0 Å². The Morgan fingerprint density at radius 2 is 0.759 bits per heavy atom. The van der Waals surface area contributed by atoms with Crippen molar-refractivity contribution in [3.05, 3.63) is 12.2 Å². The van der Waals surface area contributed by atoms with Gasteiger partial charge in [0.05, 0.1) is 31.3 Å². The van der Waals surface area contributed by atoms with Crippen molar-refractivity contribution in [3.63, 3.8) is 0 Å². The van der Waals surface area contributed by atoms with Crippen molar-refractivity contribution in [2.45, 2.75) is 289 Å². The van der Waals surface area contributed by atoms with Crippen molar-refractivity contribution < 1.29 is 20.1 Å². The number of unbranched alkanes of at least 4 members (excludes halogenated alkanes) is 36. The molecule has 0 saturated heterocycles. The van der Waals surface area contributed by atoms with E-state index in [4.69, 9.17) is 0 Å². The van der Waals surface area contributed by atoms with Crippen LogP contribution >= 0.6 is 0 Å². The third-order valence-electron chi connectivity index (χ3n) is 11.6. The number of hydrogen-bond acceptors (Lipinski definition) is 4. The number of amides is 1. The van der Waals surface area contributed by atoms with Crippen LogP contribution in [0.5, 0.6) is 0 Å². The zero-order chi connectivity index (χ0) is 39.4. The number of carbonyl (C=O) groups is 1. The highest BCUT2D eigenvalue weighted by molar-refractivity contribution is 5.76. The van der Waals surface area contributed by atoms with Crippen LogP contribution in [0.3, 0.4) is 0 Å². The molecule has 3 atom stereocenters. The van der Waals surface area contributed by atoms with E-state index in [-0.39, 0.29) is 18.9 Å². The molecule has 54 heavy (non-hydrogen) atoms. The van der Waals surface area contributed by atoms with Gasteiger partial charge < -0.3 is 20.6 Å². The predicted octanol–water partition coefficient (Wildman–Crippen LogP) is 14.4. The van der Waals surface area contributed by atoms with E-state index in [1.165, 1.54) is 218 Å². The average Bonchev–Trinajstić information content (AvgIpc) is 3.16. The summed E-state index contributed by atoms with van der Waals surface area (Å²) in [6.45, 7) is 4.23. The van der Waals surface area contributed by atoms with Crippen LogP contribution in [0.4, 0.5) is 0 Å². The average molecular weight is 764 g/mol. The van der Waals surface area contributed by atoms with E-state index >= 15 is 0 Å². The maximum absolute atomic E-state index is 12.4. The summed E-state index contributed by atoms with van der Waals surface area (Å²) in [5, 5.41) is 33.3. The van der Waals surface area contributed by atoms with E-state index in [0.717, 1.165) is 25.7 Å². The second kappa shape index (κ2) is 44.8. The number of aliphatic hydroxyl groups is 3. The molecule has 0 aliphatic carbocycles. The van der Waals surface area contributed by atoms with Crippen molar-refractivity contribution >= 4 is 5.91 Å². The minimum atomic E-state index is -0.924. The molecule has 0 aromatic rings. The van der Waals surface area contributed by atoms with Crippen molar-refractivity contribution in [2.75, 3.05) is 6.61 Å². The molecule has 0 heterocycles. The highest BCUT2D eigenvalue weighted by atomic mass is 16.3. The van der Waals surface area contributed by atoms with E-state index < -0.39 is 18.2 Å². The van der Waals surface area contributed by atoms with Gasteiger partial charge in [-0.05, 0) is 19.3 Å². The molecule has 0 saturated carbocycles. The highest BCUT2D eigenvalue weighted by Gasteiger charge is 2.20. The predicted molar refractivity (Wildman–Crippen MR) is 236 cm³/mol. The molecule has 0 aromatic carbocycles. The lowest BCUT2D eigenvalue weighted by atomic mass is 10.0. The number of allylic oxidation sites excluding steroid dienone is 1. The maximum Gasteiger partial charge on any atom is 0.222 e. The molecule has 1 amide bonds. The molecule has 0 aliphatic heterocycles. The zero-order valence-electron chi connectivity index (χ0n) is 36.6. The molecule has 0 aromatic heterocycles. The van der Waals surface area contributed by atoms with Gasteiger partial charge in [-0.15, -0.1) is 0 Å². The Kier molecular flexibility index (Phi) is 44.0. The van der Waals surface area contributed by atoms with Crippen LogP contribution in [0.2, 0.25) is 0 Å². The lowest BCUT2D eigenvalue weighted by molar-refractivity contribution is -0.124. The molecule has 0 aliphatic rings. The van der Waals surface area contributed by atoms with Crippen LogP contribution in [-0.4, -0.2) is 46.1 Å². The molecular weight excluding hydrogens is 667 g/mol. The van der Waals surface area contributed by atoms with Crippen LogP contribution in [0, 0.1) is 0 Å². The summed E-state index contributed by atoms with van der Waals surface area (Å²) in [7, 11) is 0. The van der Waals surface area contributed by atoms with E-state index in [9.17, 15) is 20.1 Å². The van der Waals surface area contributed by atoms with Gasteiger partial charge in [0.15, 0.2) is 0 Å². The van der Waals surface area contributed by atoms with Gasteiger partial charge in [-0.1, -0.05) is 257 Å². The third kappa shape index (κ3) is 40.7. The molecule has 5 heteroatoms. The first kappa shape index (κ1) is 53.1. The quantitative estimate of drug-likeness (QED) is 0.0367. The lowest BCUT2D eigenvalue weighted by Gasteiger charge is -2.21. The van der Waals surface area contributed by atoms with Crippen molar-refractivity contribution in [1.82, 2.24) is 5.32 Å². The molecule has 4 N–H and O–H groups in total. The maximum atomic E-state index is 12.4. The summed E-state index contributed by atoms with van der Waals surface area (Å²) in [4.78, 5) is 12.4. The van der Waals surface area contributed by atoms with E-state index in [1.807, 2.05) is 6.08 Å². The van der Waals surface area contributed by atoms with Gasteiger partial charge in [0.1, 0.15) is 0 Å². The lowest BCUT2D eigenvalue weighted by Crippen LogP contribution is -2.45. The monoisotopic (exact) mass is 764 g/mol. The largest absolute Gasteiger partial charge is 0.394 e. The van der Waals surface area contributed by atoms with Gasteiger partial charge >= 0.3 is 0 Å². The molecule has 0 bridgehead atoms. The summed E-state index contributed by atoms with van der Waals surface area (Å²) in [6, 6.07) is -0.739. The smallest absolute Gasteiger partial charge is 0.222 e. The summed E-state index contributed by atoms with van der Waals surface area (Å²) >= 11 is 0. The second-order valence-electron chi connectivity index (χ2n) is 17.1. The summed E-state index contributed by atoms with van der Waals surface area (Å²) < 4.78 is 0. The molecule has 5 nitrogen and oxygen atoms in total. The molecule has 0 rings (SSSR count). The topological polar surface area (TPSA) is 89.8 Å². The molecule has 0 radical (unpaired) electrons. The minimum Gasteiger partial charge on any atom is -0.394 e. The minimum absolute atomic E-state index is 0.0190. The number of rotatable bonds is 45. The van der Waals surface area contributed by atoms with Gasteiger partial charge in [-0.2, -0.15) is 0 Å². The second-order valence-corrected chi connectivity index (χ2v) is 17.1. The Morgan fingerprint density at radius 3 is 1.07 bits per heavy atom. The fourth-order valence-corrected chi connectivity index (χ4v) is 7.81. The highest BCUT2D eigenvalue weighted by Crippen LogP contribution is 2.17. The first-order valence-corrected chi connectivity index (χ1v) is 24.5. The Bertz CT molecular complexity index is 758. The fraction of sp³-hybridized carbons (Fsp3) is 0.939. The fourth-order valence-electron chi connectivity index (χ4n) is 7.81. The first-order valence-electron chi connectivity index (χ1n) is 24.5. The summed E-state index contributed by atoms with van der Waals surface area (Å²) in [5.74, 6) is -0.311. The molecule has 0 spiro atoms. The molecular formula is C49H97NO4. The van der Waals surface area contributed by atoms with Crippen LogP contribution in [0.15, 0.2) is 12.2 Å². The summed E-state index contributed by atoms with van der Waals surface area (Å²) in [5.41, 5.74) is 0. The number of carbonyl (C=O) groups excluding carboxylic acids is 1. The van der Waals surface area contributed by atoms with E-state index in [1.54, 1.807) is 6.08 Å². The Labute approximate surface area is 338 Å². The van der Waals surface area contributed by atoms with Crippen molar-refractivity contribution in [3.8, 4) is 0 Å². The first-order chi connectivity index (χ1) is 26.5. The molecule has 0 fully saturated rings. The molecule has 3 unspecified atom stereocenters. The van der Waals surface area contributed by atoms with Crippen LogP contribution in [-0.2, 0) is 4.79 Å². The van der Waals surface area contributed by atoms with Crippen LogP contribution in [0.1, 0.15) is 271 Å². The Morgan fingerprint density at radius 1 is 0.463 bits per heavy atom. The summed E-state index contributed by atoms with van der Waals surface area (Å²) in [6.07, 6.45) is 53.8. The van der Waals surface area contributed by atoms with Crippen LogP contribution in [0.25, 0.3) is 0 Å². The number of aliphatic hydroxyl groups excluding tert-OH is 3. The normalized spacial score (nSPS) is 13.5. The van der Waals surface area contributed by atoms with E-state index in [0.29, 0.717) is 6.42 Å². The zero-order valence-corrected chi connectivity index (χ0v) is 36.6. The van der Waals surface area contributed by atoms with Gasteiger partial charge in [0.2, 0.25) is 5.91 Å². The SMILES string of the molecule is CCCCCCCCCCCCC/C=C/C(O)C(CO)NC(=O)CC(O)CCCCCCCCCCCCCCCCCCCCCCCCCCCC. The van der Waals surface area contributed by atoms with Crippen molar-refractivity contribution in [2.24, 2.45) is 0 Å². The van der Waals surface area contributed by atoms with E-state index in [2.05, 4.69) is 19.2 Å². The Balaban J connectivity index is 3.52. The van der Waals surface area contributed by atoms with Crippen LogP contribution < -0.4 is 5.32 Å². The van der Waals surface area contributed by atoms with Gasteiger partial charge in [0.25, 0.3) is 0 Å². The standard InChI is InChI=1S/C49H97NO4/c1-3-5-7-9-11-13-15-17-18-19-20-21-22-23-24-25-26-27-28-29-31-32-34-36-38-40-42-46(52)44-49(54)50-47(45-51)48(53)43-41-39-37-35-33-30-16-14-12-10-8-6-4-2/h41,43,46-48,51-53H,3-40,42,44-45H2,1-2H3,(H,50,54)/b43-41+.